The van der Waals surface area contributed by atoms with Crippen LogP contribution in [-0.2, 0) is 9.59 Å². The van der Waals surface area contributed by atoms with Crippen molar-refractivity contribution in [3.05, 3.63) is 36.4 Å². The van der Waals surface area contributed by atoms with Gasteiger partial charge in [0.15, 0.2) is 5.82 Å². The van der Waals surface area contributed by atoms with Crippen molar-refractivity contribution in [3.8, 4) is 11.4 Å². The number of aromatic nitrogens is 2. The molecule has 0 saturated carbocycles. The standard InChI is InChI=1S/C23H33N7O3/c1-18(32)24-8-9-25-20-16-21(28-23(27-20)19-6-3-2-4-7-19)26-22(33)17-30-13-11-29(12-14-30)10-5-15-31/h2-4,6-7,16,31H,5,8-15,17H2,1H3,(H,24,32)(H2,25,26,27,28,33). The highest BCUT2D eigenvalue weighted by Gasteiger charge is 2.19. The molecule has 2 aromatic rings. The van der Waals surface area contributed by atoms with Gasteiger partial charge >= 0.3 is 0 Å². The van der Waals surface area contributed by atoms with E-state index >= 15 is 0 Å². The number of hydrogen-bond donors (Lipinski definition) is 4. The Morgan fingerprint density at radius 3 is 2.39 bits per heavy atom. The van der Waals surface area contributed by atoms with Crippen molar-refractivity contribution >= 4 is 23.5 Å². The highest BCUT2D eigenvalue weighted by Crippen LogP contribution is 2.20. The Morgan fingerprint density at radius 2 is 1.70 bits per heavy atom. The summed E-state index contributed by atoms with van der Waals surface area (Å²) in [6.45, 7) is 7.23. The van der Waals surface area contributed by atoms with Crippen molar-refractivity contribution in [2.24, 2.45) is 0 Å². The number of amides is 2. The molecule has 1 fully saturated rings. The minimum absolute atomic E-state index is 0.0911. The first-order valence-electron chi connectivity index (χ1n) is 11.3. The predicted octanol–water partition coefficient (Wildman–Crippen LogP) is 0.630. The highest BCUT2D eigenvalue weighted by atomic mass is 16.3. The molecule has 1 saturated heterocycles. The molecule has 0 unspecified atom stereocenters. The van der Waals surface area contributed by atoms with Crippen molar-refractivity contribution < 1.29 is 14.7 Å². The number of hydrogen-bond acceptors (Lipinski definition) is 8. The van der Waals surface area contributed by atoms with Crippen LogP contribution in [-0.4, -0.2) is 95.7 Å². The summed E-state index contributed by atoms with van der Waals surface area (Å²) in [4.78, 5) is 37.3. The molecule has 1 aliphatic rings. The first-order chi connectivity index (χ1) is 16.0. The Kier molecular flexibility index (Phi) is 9.55. The van der Waals surface area contributed by atoms with Crippen LogP contribution in [0.1, 0.15) is 13.3 Å². The van der Waals surface area contributed by atoms with E-state index < -0.39 is 0 Å². The molecule has 10 heteroatoms. The van der Waals surface area contributed by atoms with E-state index in [-0.39, 0.29) is 18.4 Å². The second-order valence-corrected chi connectivity index (χ2v) is 7.98. The van der Waals surface area contributed by atoms with Gasteiger partial charge in [-0.2, -0.15) is 0 Å². The summed E-state index contributed by atoms with van der Waals surface area (Å²) in [6.07, 6.45) is 0.777. The van der Waals surface area contributed by atoms with E-state index in [0.717, 1.165) is 44.7 Å². The summed E-state index contributed by atoms with van der Waals surface area (Å²) in [5, 5.41) is 17.8. The van der Waals surface area contributed by atoms with Gasteiger partial charge in [-0.25, -0.2) is 9.97 Å². The normalized spacial score (nSPS) is 14.6. The molecule has 1 aliphatic heterocycles. The lowest BCUT2D eigenvalue weighted by Gasteiger charge is -2.34. The number of benzene rings is 1. The van der Waals surface area contributed by atoms with Gasteiger partial charge in [0.05, 0.1) is 6.54 Å². The molecule has 0 atom stereocenters. The van der Waals surface area contributed by atoms with E-state index in [0.29, 0.717) is 37.1 Å². The molecule has 33 heavy (non-hydrogen) atoms. The van der Waals surface area contributed by atoms with E-state index in [1.165, 1.54) is 6.92 Å². The summed E-state index contributed by atoms with van der Waals surface area (Å²) in [7, 11) is 0. The maximum Gasteiger partial charge on any atom is 0.239 e. The van der Waals surface area contributed by atoms with Crippen LogP contribution < -0.4 is 16.0 Å². The SMILES string of the molecule is CC(=O)NCCNc1cc(NC(=O)CN2CCN(CCCO)CC2)nc(-c2ccccc2)n1. The average Bonchev–Trinajstić information content (AvgIpc) is 2.81. The second kappa shape index (κ2) is 12.8. The number of carbonyl (C=O) groups is 2. The topological polar surface area (TPSA) is 123 Å². The Balaban J connectivity index is 1.61. The minimum atomic E-state index is -0.124. The van der Waals surface area contributed by atoms with Crippen LogP contribution in [0.25, 0.3) is 11.4 Å². The van der Waals surface area contributed by atoms with Crippen LogP contribution in [0.15, 0.2) is 36.4 Å². The first-order valence-corrected chi connectivity index (χ1v) is 11.3. The van der Waals surface area contributed by atoms with Crippen LogP contribution in [0.2, 0.25) is 0 Å². The highest BCUT2D eigenvalue weighted by molar-refractivity contribution is 5.92. The zero-order chi connectivity index (χ0) is 23.5. The van der Waals surface area contributed by atoms with Gasteiger partial charge in [-0.3, -0.25) is 14.5 Å². The smallest absolute Gasteiger partial charge is 0.239 e. The molecule has 10 nitrogen and oxygen atoms in total. The van der Waals surface area contributed by atoms with Gasteiger partial charge in [-0.1, -0.05) is 30.3 Å². The van der Waals surface area contributed by atoms with E-state index in [9.17, 15) is 9.59 Å². The van der Waals surface area contributed by atoms with E-state index in [1.807, 2.05) is 30.3 Å². The summed E-state index contributed by atoms with van der Waals surface area (Å²) < 4.78 is 0. The van der Waals surface area contributed by atoms with Gasteiger partial charge in [0.2, 0.25) is 11.8 Å². The van der Waals surface area contributed by atoms with Gasteiger partial charge in [0.1, 0.15) is 11.6 Å². The molecule has 3 rings (SSSR count). The largest absolute Gasteiger partial charge is 0.396 e. The summed E-state index contributed by atoms with van der Waals surface area (Å²) in [5.41, 5.74) is 0.845. The van der Waals surface area contributed by atoms with Crippen molar-refractivity contribution in [1.29, 1.82) is 0 Å². The van der Waals surface area contributed by atoms with Gasteiger partial charge in [-0.15, -0.1) is 0 Å². The summed E-state index contributed by atoms with van der Waals surface area (Å²) >= 11 is 0. The Morgan fingerprint density at radius 1 is 1.00 bits per heavy atom. The lowest BCUT2D eigenvalue weighted by Crippen LogP contribution is -2.48. The predicted molar refractivity (Wildman–Crippen MR) is 128 cm³/mol. The second-order valence-electron chi connectivity index (χ2n) is 7.98. The zero-order valence-electron chi connectivity index (χ0n) is 19.1. The maximum atomic E-state index is 12.7. The van der Waals surface area contributed by atoms with E-state index in [2.05, 4.69) is 35.7 Å². The molecular formula is C23H33N7O3. The molecule has 0 radical (unpaired) electrons. The number of nitrogens with one attached hydrogen (secondary N) is 3. The molecule has 0 spiro atoms. The zero-order valence-corrected chi connectivity index (χ0v) is 19.1. The summed E-state index contributed by atoms with van der Waals surface area (Å²) in [6, 6.07) is 11.3. The van der Waals surface area contributed by atoms with Crippen LogP contribution in [0.3, 0.4) is 0 Å². The molecular weight excluding hydrogens is 422 g/mol. The van der Waals surface area contributed by atoms with Crippen LogP contribution >= 0.6 is 0 Å². The van der Waals surface area contributed by atoms with E-state index in [4.69, 9.17) is 5.11 Å². The number of carbonyl (C=O) groups excluding carboxylic acids is 2. The van der Waals surface area contributed by atoms with Crippen molar-refractivity contribution in [2.45, 2.75) is 13.3 Å². The molecule has 1 aromatic carbocycles. The van der Waals surface area contributed by atoms with Gasteiger partial charge in [0, 0.05) is 71.0 Å². The number of aliphatic hydroxyl groups excluding tert-OH is 1. The molecule has 2 heterocycles. The van der Waals surface area contributed by atoms with E-state index in [1.54, 1.807) is 6.07 Å². The fourth-order valence-electron chi connectivity index (χ4n) is 3.60. The quantitative estimate of drug-likeness (QED) is 0.364. The molecule has 0 aliphatic carbocycles. The molecule has 4 N–H and O–H groups in total. The minimum Gasteiger partial charge on any atom is -0.396 e. The Hall–Kier alpha value is -3.08. The Bertz CT molecular complexity index is 902. The van der Waals surface area contributed by atoms with Crippen LogP contribution in [0.4, 0.5) is 11.6 Å². The van der Waals surface area contributed by atoms with Crippen molar-refractivity contribution in [3.63, 3.8) is 0 Å². The third kappa shape index (κ3) is 8.41. The number of anilines is 2. The van der Waals surface area contributed by atoms with Gasteiger partial charge < -0.3 is 26.0 Å². The maximum absolute atomic E-state index is 12.7. The molecule has 2 amide bonds. The van der Waals surface area contributed by atoms with Gasteiger partial charge in [0.25, 0.3) is 0 Å². The number of aliphatic hydroxyl groups is 1. The van der Waals surface area contributed by atoms with Crippen molar-refractivity contribution in [1.82, 2.24) is 25.1 Å². The molecule has 0 bridgehead atoms. The van der Waals surface area contributed by atoms with Crippen LogP contribution in [0, 0.1) is 0 Å². The number of piperazine rings is 1. The Labute approximate surface area is 194 Å². The average molecular weight is 456 g/mol. The van der Waals surface area contributed by atoms with Gasteiger partial charge in [-0.05, 0) is 6.42 Å². The number of rotatable bonds is 11. The first kappa shape index (κ1) is 24.6. The number of nitrogens with zero attached hydrogens (tertiary/aromatic N) is 4. The molecule has 178 valence electrons. The molecule has 1 aromatic heterocycles. The monoisotopic (exact) mass is 455 g/mol. The lowest BCUT2D eigenvalue weighted by atomic mass is 10.2. The third-order valence-electron chi connectivity index (χ3n) is 5.30. The summed E-state index contributed by atoms with van der Waals surface area (Å²) in [5.74, 6) is 1.29. The van der Waals surface area contributed by atoms with Crippen molar-refractivity contribution in [2.75, 3.05) is 69.6 Å². The third-order valence-corrected chi connectivity index (χ3v) is 5.30. The fourth-order valence-corrected chi connectivity index (χ4v) is 3.60. The van der Waals surface area contributed by atoms with Crippen LogP contribution in [0.5, 0.6) is 0 Å². The lowest BCUT2D eigenvalue weighted by molar-refractivity contribution is -0.119. The fraction of sp³-hybridized carbons (Fsp3) is 0.478.